The SMILES string of the molecule is CCN(CC)CCNS(=O)(=O)c1[c-]ccc(C#N)c1.Fc1[c-]cc(F)cc1.[U+2]. The third kappa shape index (κ3) is 9.77. The van der Waals surface area contributed by atoms with Crippen molar-refractivity contribution in [1.82, 2.24) is 9.62 Å². The summed E-state index contributed by atoms with van der Waals surface area (Å²) in [7, 11) is -3.59. The average molecular weight is 631 g/mol. The van der Waals surface area contributed by atoms with Crippen molar-refractivity contribution < 1.29 is 48.3 Å². The van der Waals surface area contributed by atoms with Gasteiger partial charge in [0.25, 0.3) is 0 Å². The van der Waals surface area contributed by atoms with E-state index in [4.69, 9.17) is 5.26 Å². The zero-order valence-electron chi connectivity index (χ0n) is 15.7. The number of hydrogen-bond donors (Lipinski definition) is 1. The second kappa shape index (κ2) is 13.8. The first-order valence-electron chi connectivity index (χ1n) is 8.29. The summed E-state index contributed by atoms with van der Waals surface area (Å²) in [6.45, 7) is 6.83. The van der Waals surface area contributed by atoms with E-state index in [9.17, 15) is 17.2 Å². The van der Waals surface area contributed by atoms with E-state index < -0.39 is 21.7 Å². The van der Waals surface area contributed by atoms with Crippen LogP contribution in [-0.4, -0.2) is 39.5 Å². The van der Waals surface area contributed by atoms with Crippen molar-refractivity contribution in [2.75, 3.05) is 26.2 Å². The van der Waals surface area contributed by atoms with E-state index in [2.05, 4.69) is 21.8 Å². The molecule has 2 aromatic rings. The van der Waals surface area contributed by atoms with Crippen molar-refractivity contribution >= 4 is 10.0 Å². The Morgan fingerprint density at radius 1 is 1.18 bits per heavy atom. The Morgan fingerprint density at radius 3 is 2.36 bits per heavy atom. The Balaban J connectivity index is 0.000000678. The smallest absolute Gasteiger partial charge is 0.303 e. The average Bonchev–Trinajstić information content (AvgIpc) is 2.68. The monoisotopic (exact) mass is 631 g/mol. The van der Waals surface area contributed by atoms with Crippen LogP contribution in [0.25, 0.3) is 0 Å². The number of nitriles is 1. The fraction of sp³-hybridized carbons (Fsp3) is 0.316. The van der Waals surface area contributed by atoms with Crippen LogP contribution in [0.15, 0.2) is 41.3 Å². The van der Waals surface area contributed by atoms with Gasteiger partial charge in [-0.2, -0.15) is 23.5 Å². The molecule has 0 saturated carbocycles. The molecule has 0 spiro atoms. The molecule has 0 aliphatic heterocycles. The molecule has 0 radical (unpaired) electrons. The first-order valence-corrected chi connectivity index (χ1v) is 9.77. The number of halogens is 2. The second-order valence-electron chi connectivity index (χ2n) is 5.33. The minimum Gasteiger partial charge on any atom is -0.303 e. The maximum Gasteiger partial charge on any atom is 2.00 e. The van der Waals surface area contributed by atoms with Crippen LogP contribution >= 0.6 is 0 Å². The molecule has 0 unspecified atom stereocenters. The van der Waals surface area contributed by atoms with Gasteiger partial charge >= 0.3 is 31.1 Å². The Morgan fingerprint density at radius 2 is 1.86 bits per heavy atom. The van der Waals surface area contributed by atoms with Crippen molar-refractivity contribution in [2.45, 2.75) is 18.7 Å². The van der Waals surface area contributed by atoms with Crippen molar-refractivity contribution in [1.29, 1.82) is 5.26 Å². The van der Waals surface area contributed by atoms with Crippen molar-refractivity contribution in [3.05, 3.63) is 65.7 Å². The Hall–Kier alpha value is -1.29. The topological polar surface area (TPSA) is 73.2 Å². The minimum atomic E-state index is -3.59. The van der Waals surface area contributed by atoms with Gasteiger partial charge in [0.05, 0.1) is 6.07 Å². The van der Waals surface area contributed by atoms with E-state index in [0.717, 1.165) is 31.3 Å². The summed E-state index contributed by atoms with van der Waals surface area (Å²) in [4.78, 5) is 2.13. The minimum absolute atomic E-state index is 0. The molecule has 2 rings (SSSR count). The van der Waals surface area contributed by atoms with E-state index in [0.29, 0.717) is 18.7 Å². The molecule has 148 valence electrons. The van der Waals surface area contributed by atoms with Crippen LogP contribution in [0, 0.1) is 66.2 Å². The molecule has 1 N–H and O–H groups in total. The van der Waals surface area contributed by atoms with Crippen LogP contribution in [0.1, 0.15) is 19.4 Å². The fourth-order valence-corrected chi connectivity index (χ4v) is 3.03. The molecule has 0 fully saturated rings. The summed E-state index contributed by atoms with van der Waals surface area (Å²) in [6.07, 6.45) is 0. The largest absolute Gasteiger partial charge is 2.00 e. The number of nitrogens with zero attached hydrogens (tertiary/aromatic N) is 2. The molecular formula is C19H21F2N3O2SU. The van der Waals surface area contributed by atoms with Gasteiger partial charge in [-0.25, -0.2) is 17.5 Å². The Labute approximate surface area is 189 Å². The molecule has 0 amide bonds. The number of hydrogen-bond acceptors (Lipinski definition) is 4. The summed E-state index contributed by atoms with van der Waals surface area (Å²) < 4.78 is 50.2. The summed E-state index contributed by atoms with van der Waals surface area (Å²) in [5, 5.41) is 8.75. The predicted molar refractivity (Wildman–Crippen MR) is 98.2 cm³/mol. The number of likely N-dealkylation sites (N-methyl/N-ethyl adjacent to an activating group) is 1. The predicted octanol–water partition coefficient (Wildman–Crippen LogP) is 2.74. The van der Waals surface area contributed by atoms with Crippen LogP contribution in [-0.2, 0) is 10.0 Å². The molecule has 9 heteroatoms. The maximum absolute atomic E-state index is 12.0. The van der Waals surface area contributed by atoms with E-state index >= 15 is 0 Å². The first kappa shape index (κ1) is 26.7. The summed E-state index contributed by atoms with van der Waals surface area (Å²) >= 11 is 0. The van der Waals surface area contributed by atoms with Crippen molar-refractivity contribution in [3.8, 4) is 6.07 Å². The van der Waals surface area contributed by atoms with Crippen molar-refractivity contribution in [3.63, 3.8) is 0 Å². The first-order chi connectivity index (χ1) is 12.8. The molecule has 0 saturated heterocycles. The van der Waals surface area contributed by atoms with Gasteiger partial charge in [0.15, 0.2) is 0 Å². The molecule has 0 aromatic heterocycles. The summed E-state index contributed by atoms with van der Waals surface area (Å²) in [5.41, 5.74) is 0.308. The maximum atomic E-state index is 12.0. The van der Waals surface area contributed by atoms with Gasteiger partial charge in [-0.05, 0) is 18.0 Å². The van der Waals surface area contributed by atoms with Crippen LogP contribution < -0.4 is 4.72 Å². The standard InChI is InChI=1S/C13H18N3O2S.C6H3F2.U/c1-3-16(4-2)9-8-15-19(17,18)13-7-5-6-12(10-13)11-14;7-5-1-2-6(8)4-3-5;/h5-6,10,15H,3-4,8-9H2,1-2H3;1-3H;/q2*-1;+2. The van der Waals surface area contributed by atoms with E-state index in [1.54, 1.807) is 0 Å². The van der Waals surface area contributed by atoms with Gasteiger partial charge in [-0.3, -0.25) is 4.39 Å². The van der Waals surface area contributed by atoms with Crippen molar-refractivity contribution in [2.24, 2.45) is 0 Å². The number of rotatable bonds is 7. The molecule has 0 aliphatic rings. The fourth-order valence-electron chi connectivity index (χ4n) is 2.01. The van der Waals surface area contributed by atoms with Gasteiger partial charge in [0.2, 0.25) is 10.0 Å². The van der Waals surface area contributed by atoms with Gasteiger partial charge in [0.1, 0.15) is 0 Å². The van der Waals surface area contributed by atoms with E-state index in [1.807, 2.05) is 19.9 Å². The number of nitrogens with one attached hydrogen (secondary N) is 1. The third-order valence-corrected chi connectivity index (χ3v) is 4.94. The number of sulfonamides is 1. The Kier molecular flexibility index (Phi) is 13.2. The number of benzene rings is 2. The van der Waals surface area contributed by atoms with E-state index in [1.165, 1.54) is 18.2 Å². The quantitative estimate of drug-likeness (QED) is 0.478. The zero-order valence-corrected chi connectivity index (χ0v) is 20.6. The summed E-state index contributed by atoms with van der Waals surface area (Å²) in [6, 6.07) is 13.9. The Bertz CT molecular complexity index is 831. The van der Waals surface area contributed by atoms with Gasteiger partial charge in [-0.15, -0.1) is 30.3 Å². The normalized spacial score (nSPS) is 10.4. The molecule has 5 nitrogen and oxygen atoms in total. The third-order valence-electron chi connectivity index (χ3n) is 3.55. The van der Waals surface area contributed by atoms with Crippen LogP contribution in [0.5, 0.6) is 0 Å². The molecule has 0 heterocycles. The molecule has 2 aromatic carbocycles. The summed E-state index contributed by atoms with van der Waals surface area (Å²) in [5.74, 6) is -1.00. The molecule has 0 atom stereocenters. The molecule has 0 bridgehead atoms. The van der Waals surface area contributed by atoms with Gasteiger partial charge in [0, 0.05) is 24.7 Å². The molecule has 28 heavy (non-hydrogen) atoms. The zero-order chi connectivity index (χ0) is 20.3. The second-order valence-corrected chi connectivity index (χ2v) is 7.07. The molecular weight excluding hydrogens is 610 g/mol. The van der Waals surface area contributed by atoms with E-state index in [-0.39, 0.29) is 36.0 Å². The van der Waals surface area contributed by atoms with Gasteiger partial charge < -0.3 is 4.90 Å². The van der Waals surface area contributed by atoms with Crippen LogP contribution in [0.2, 0.25) is 0 Å². The van der Waals surface area contributed by atoms with Crippen LogP contribution in [0.4, 0.5) is 8.78 Å². The van der Waals surface area contributed by atoms with Crippen LogP contribution in [0.3, 0.4) is 0 Å². The van der Waals surface area contributed by atoms with Gasteiger partial charge in [-0.1, -0.05) is 19.4 Å². The molecule has 0 aliphatic carbocycles.